The van der Waals surface area contributed by atoms with Gasteiger partial charge in [-0.05, 0) is 208 Å². The Morgan fingerprint density at radius 1 is 0.399 bits per heavy atom. The number of hydrogen-bond donors (Lipinski definition) is 6. The molecule has 2 fully saturated rings. The number of nitrogens with zero attached hydrogens (tertiary/aromatic N) is 8. The van der Waals surface area contributed by atoms with Gasteiger partial charge in [0, 0.05) is 98.4 Å². The number of pyridine rings is 1. The third kappa shape index (κ3) is 24.2. The van der Waals surface area contributed by atoms with E-state index in [0.29, 0.717) is 99.1 Å². The van der Waals surface area contributed by atoms with Crippen LogP contribution in [0.1, 0.15) is 261 Å². The van der Waals surface area contributed by atoms with Crippen molar-refractivity contribution in [2.45, 2.75) is 194 Å². The number of fused-ring (bicyclic) bond motifs is 4. The highest BCUT2D eigenvalue weighted by atomic mass is 32.1. The molecule has 736 valence electrons. The number of benzene rings is 8. The van der Waals surface area contributed by atoms with Crippen LogP contribution in [-0.2, 0) is 51.9 Å². The van der Waals surface area contributed by atoms with Gasteiger partial charge in [0.05, 0.1) is 29.5 Å². The summed E-state index contributed by atoms with van der Waals surface area (Å²) in [4.78, 5) is 72.0. The molecule has 143 heavy (non-hydrogen) atoms. The number of amides is 4. The van der Waals surface area contributed by atoms with Gasteiger partial charge in [-0.15, -0.1) is 0 Å². The summed E-state index contributed by atoms with van der Waals surface area (Å²) >= 11 is 1.36. The molecule has 6 N–H and O–H groups in total. The average Bonchev–Trinajstić information content (AvgIpc) is 1.61. The molecule has 0 radical (unpaired) electrons. The summed E-state index contributed by atoms with van der Waals surface area (Å²) in [6, 6.07) is 62.9. The van der Waals surface area contributed by atoms with Crippen LogP contribution in [-0.4, -0.2) is 78.4 Å². The molecule has 0 saturated heterocycles. The van der Waals surface area contributed by atoms with Crippen molar-refractivity contribution in [1.82, 2.24) is 58.8 Å². The first kappa shape index (κ1) is 101. The first-order valence-corrected chi connectivity index (χ1v) is 48.9. The Bertz CT molecular complexity index is 7170. The Kier molecular flexibility index (Phi) is 32.4. The largest absolute Gasteiger partial charge is 0.505 e. The number of ether oxygens (including phenoxy) is 2. The number of anilines is 1. The van der Waals surface area contributed by atoms with Gasteiger partial charge in [0.25, 0.3) is 28.8 Å². The van der Waals surface area contributed by atoms with Crippen LogP contribution in [0.25, 0.3) is 22.3 Å². The molecule has 0 spiro atoms. The van der Waals surface area contributed by atoms with E-state index in [9.17, 15) is 59.4 Å². The maximum absolute atomic E-state index is 13.7. The van der Waals surface area contributed by atoms with Crippen molar-refractivity contribution < 1.29 is 68.9 Å². The van der Waals surface area contributed by atoms with Crippen molar-refractivity contribution >= 4 is 63.1 Å². The van der Waals surface area contributed by atoms with Gasteiger partial charge in [-0.3, -0.25) is 32.4 Å². The van der Waals surface area contributed by atoms with Crippen molar-refractivity contribution in [3.05, 3.63) is 419 Å². The lowest BCUT2D eigenvalue weighted by atomic mass is 9.93. The van der Waals surface area contributed by atoms with Crippen LogP contribution in [0.5, 0.6) is 22.6 Å². The average molecular weight is 1960 g/mol. The zero-order valence-corrected chi connectivity index (χ0v) is 81.3. The number of thiazole rings is 1. The van der Waals surface area contributed by atoms with Crippen LogP contribution >= 0.6 is 11.3 Å². The number of nitrogens with one attached hydrogen (secondary N) is 5. The summed E-state index contributed by atoms with van der Waals surface area (Å²) in [6.07, 6.45) is 21.9. The van der Waals surface area contributed by atoms with Gasteiger partial charge in [-0.2, -0.15) is 4.98 Å². The highest BCUT2D eigenvalue weighted by Crippen LogP contribution is 2.41. The van der Waals surface area contributed by atoms with Crippen LogP contribution in [0.3, 0.4) is 0 Å². The molecule has 0 aliphatic heterocycles. The Labute approximate surface area is 827 Å². The molecule has 8 aromatic carbocycles. The number of aromatic nitrogens is 8. The third-order valence-electron chi connectivity index (χ3n) is 25.6. The first-order valence-electron chi connectivity index (χ1n) is 48.1. The van der Waals surface area contributed by atoms with Crippen LogP contribution in [0.4, 0.5) is 40.9 Å². The van der Waals surface area contributed by atoms with Gasteiger partial charge in [0.2, 0.25) is 5.88 Å². The number of carbonyl (C=O) groups excluding carboxylic acids is 4. The van der Waals surface area contributed by atoms with E-state index in [2.05, 4.69) is 106 Å². The molecule has 2 aliphatic rings. The SMILES string of the molecule is CC(C)c1c(Cc2ccccc2)c2cc(NC3CCCC3)ncn2c1C(=O)NCc1ccc(F)c(F)c1.CC(C)c1c(Cc2ccccc2)c2cc(OC3CCCC3)ccn2c1C(=O)NCc1ccc(F)c(F)c1.CC(C)c1c(Cc2ccccc2)c2nc(Oc3nccs3)ccn2c1C(=O)NCc1ccc(F)c(F)c1.CC(C)c1c(Cc2ccccc2)c2ncc(O)cn2c1C(=O)NCc1ccc(F)c(F)c1. The van der Waals surface area contributed by atoms with E-state index in [0.717, 1.165) is 164 Å². The molecule has 0 atom stereocenters. The highest BCUT2D eigenvalue weighted by Gasteiger charge is 2.33. The molecule has 17 aromatic rings. The standard InChI is InChI=1S/C31H32F2N2O2.C30H32F2N4O.C28H24F2N4O2S.C25H23F2N3O2/c1-20(2)29-25(16-21-8-4-3-5-9-21)28-18-24(37-23-10-6-7-11-23)14-15-35(28)30(29)31(36)34-19-22-12-13-26(32)27(33)17-22;1-19(2)28-23(14-20-8-4-3-5-9-20)26-16-27(35-22-10-6-7-11-22)34-18-36(26)29(28)30(37)33-17-21-12-13-24(31)25(32)15-21;1-17(2)24-20(14-18-6-4-3-5-7-18)26-33-23(36-28-31-11-13-37-28)10-12-34(26)25(24)27(35)32-16-19-8-9-21(29)22(30)15-19;1-15(2)22-19(10-16-6-4-3-5-7-16)24-28-13-18(31)14-30(24)23(22)25(32)29-12-17-8-9-20(26)21(27)11-17/h3-5,8-9,12-15,17-18,20,23H,6-7,10-11,16,19H2,1-2H3,(H,34,36);3-5,8-9,12-13,15-16,18-19,22,35H,6-7,10-11,14,17H2,1-2H3,(H,33,37);3-13,15,17H,14,16H2,1-2H3,(H,32,35);3-9,11,13-15,31H,10,12H2,1-2H3,(H,29,32). The fourth-order valence-corrected chi connectivity index (χ4v) is 19.5. The van der Waals surface area contributed by atoms with E-state index >= 15 is 0 Å². The van der Waals surface area contributed by atoms with Crippen LogP contribution in [0.2, 0.25) is 0 Å². The van der Waals surface area contributed by atoms with Crippen LogP contribution in [0.15, 0.2) is 261 Å². The monoisotopic (exact) mass is 1960 g/mol. The number of aromatic hydroxyl groups is 1. The number of halogens is 8. The fourth-order valence-electron chi connectivity index (χ4n) is 19.0. The Morgan fingerprint density at radius 3 is 1.19 bits per heavy atom. The van der Waals surface area contributed by atoms with Gasteiger partial charge >= 0.3 is 0 Å². The highest BCUT2D eigenvalue weighted by molar-refractivity contribution is 7.11. The van der Waals surface area contributed by atoms with Crippen molar-refractivity contribution in [1.29, 1.82) is 0 Å². The number of rotatable bonds is 30. The topological polar surface area (TPSA) is 236 Å². The smallest absolute Gasteiger partial charge is 0.279 e. The summed E-state index contributed by atoms with van der Waals surface area (Å²) in [6.45, 7) is 16.7. The van der Waals surface area contributed by atoms with E-state index in [1.807, 2.05) is 151 Å². The summed E-state index contributed by atoms with van der Waals surface area (Å²) < 4.78 is 127. The van der Waals surface area contributed by atoms with Crippen LogP contribution < -0.4 is 36.1 Å². The maximum Gasteiger partial charge on any atom is 0.279 e. The molecule has 29 heteroatoms. The molecule has 0 unspecified atom stereocenters. The lowest BCUT2D eigenvalue weighted by Crippen LogP contribution is -2.26. The molecule has 0 bridgehead atoms. The van der Waals surface area contributed by atoms with Crippen molar-refractivity contribution in [2.24, 2.45) is 0 Å². The minimum absolute atomic E-state index is 0.00145. The summed E-state index contributed by atoms with van der Waals surface area (Å²) in [5, 5.41) is 27.4. The fraction of sp³-hybridized carbons (Fsp3) is 0.263. The van der Waals surface area contributed by atoms with E-state index in [1.165, 1.54) is 73.7 Å². The van der Waals surface area contributed by atoms with Crippen molar-refractivity contribution in [3.63, 3.8) is 0 Å². The quantitative estimate of drug-likeness (QED) is 0.0231. The van der Waals surface area contributed by atoms with Gasteiger partial charge in [-0.25, -0.2) is 50.1 Å². The lowest BCUT2D eigenvalue weighted by Gasteiger charge is -2.14. The van der Waals surface area contributed by atoms with Gasteiger partial charge < -0.3 is 45.6 Å². The second-order valence-corrected chi connectivity index (χ2v) is 38.0. The van der Waals surface area contributed by atoms with Gasteiger partial charge in [0.1, 0.15) is 52.0 Å². The maximum atomic E-state index is 13.7. The normalized spacial score (nSPS) is 12.7. The zero-order chi connectivity index (χ0) is 101. The number of hydrogen-bond acceptors (Lipinski definition) is 13. The minimum atomic E-state index is -0.966. The zero-order valence-electron chi connectivity index (χ0n) is 80.5. The van der Waals surface area contributed by atoms with E-state index in [-0.39, 0.29) is 85.3 Å². The lowest BCUT2D eigenvalue weighted by molar-refractivity contribution is 0.0935. The van der Waals surface area contributed by atoms with Crippen molar-refractivity contribution in [3.8, 4) is 22.6 Å². The summed E-state index contributed by atoms with van der Waals surface area (Å²) in [7, 11) is 0. The third-order valence-corrected chi connectivity index (χ3v) is 26.2. The Morgan fingerprint density at radius 2 is 0.776 bits per heavy atom. The molecular weight excluding hydrogens is 1850 g/mol. The number of carbonyl (C=O) groups is 4. The minimum Gasteiger partial charge on any atom is -0.505 e. The van der Waals surface area contributed by atoms with Gasteiger partial charge in [-0.1, -0.05) is 225 Å². The second-order valence-electron chi connectivity index (χ2n) is 37.1. The molecule has 19 rings (SSSR count). The molecular formula is C114H111F8N13O7S. The molecule has 2 saturated carbocycles. The first-order chi connectivity index (χ1) is 69.1. The van der Waals surface area contributed by atoms with Crippen molar-refractivity contribution in [2.75, 3.05) is 5.32 Å². The predicted molar refractivity (Wildman–Crippen MR) is 539 cm³/mol. The second kappa shape index (κ2) is 46.0. The Hall–Kier alpha value is -15.3. The molecule has 9 aromatic heterocycles. The van der Waals surface area contributed by atoms with E-state index in [1.54, 1.807) is 33.6 Å². The summed E-state index contributed by atoms with van der Waals surface area (Å²) in [5.74, 6) is -6.61. The molecule has 20 nitrogen and oxygen atoms in total. The molecule has 9 heterocycles. The molecule has 2 aliphatic carbocycles. The van der Waals surface area contributed by atoms with Gasteiger partial charge in [0.15, 0.2) is 52.3 Å². The molecule has 4 amide bonds. The Balaban J connectivity index is 0.000000137. The summed E-state index contributed by atoms with van der Waals surface area (Å²) in [5.41, 5.74) is 19.0. The predicted octanol–water partition coefficient (Wildman–Crippen LogP) is 25.3. The van der Waals surface area contributed by atoms with E-state index in [4.69, 9.17) is 14.5 Å². The van der Waals surface area contributed by atoms with E-state index < -0.39 is 46.5 Å². The van der Waals surface area contributed by atoms with Crippen LogP contribution in [0, 0.1) is 46.5 Å².